The van der Waals surface area contributed by atoms with Gasteiger partial charge in [0.15, 0.2) is 0 Å². The zero-order valence-corrected chi connectivity index (χ0v) is 12.7. The summed E-state index contributed by atoms with van der Waals surface area (Å²) in [7, 11) is 0. The molecule has 88 valence electrons. The summed E-state index contributed by atoms with van der Waals surface area (Å²) in [6, 6.07) is 2.57. The molecule has 0 unspecified atom stereocenters. The fourth-order valence-electron chi connectivity index (χ4n) is 1.18. The summed E-state index contributed by atoms with van der Waals surface area (Å²) >= 11 is 11.3. The minimum absolute atomic E-state index is 0.284. The van der Waals surface area contributed by atoms with Gasteiger partial charge >= 0.3 is 0 Å². The first kappa shape index (κ1) is 13.0. The second-order valence-corrected chi connectivity index (χ2v) is 5.51. The number of anilines is 2. The highest BCUT2D eigenvalue weighted by Crippen LogP contribution is 2.34. The maximum Gasteiger partial charge on any atom is 0.147 e. The molecule has 0 fully saturated rings. The van der Waals surface area contributed by atoms with Crippen LogP contribution in [0.2, 0.25) is 5.02 Å². The number of nitrogens with one attached hydrogen (secondary N) is 1. The van der Waals surface area contributed by atoms with Gasteiger partial charge in [-0.3, -0.25) is 0 Å². The van der Waals surface area contributed by atoms with E-state index in [0.29, 0.717) is 16.0 Å². The molecule has 0 bridgehead atoms. The Morgan fingerprint density at radius 3 is 2.82 bits per heavy atom. The lowest BCUT2D eigenvalue weighted by Gasteiger charge is -2.10. The second-order valence-electron chi connectivity index (χ2n) is 3.09. The van der Waals surface area contributed by atoms with E-state index in [1.807, 2.05) is 0 Å². The third kappa shape index (κ3) is 3.05. The first-order valence-corrected chi connectivity index (χ1v) is 6.70. The lowest BCUT2D eigenvalue weighted by atomic mass is 10.3. The van der Waals surface area contributed by atoms with Crippen molar-refractivity contribution < 1.29 is 4.39 Å². The molecule has 3 nitrogen and oxygen atoms in total. The molecule has 2 rings (SSSR count). The molecule has 0 aliphatic heterocycles. The van der Waals surface area contributed by atoms with Gasteiger partial charge in [0.05, 0.1) is 14.3 Å². The topological polar surface area (TPSA) is 37.8 Å². The number of hydrogen-bond acceptors (Lipinski definition) is 3. The average Bonchev–Trinajstić information content (AvgIpc) is 2.25. The van der Waals surface area contributed by atoms with Crippen molar-refractivity contribution in [2.24, 2.45) is 0 Å². The predicted molar refractivity (Wildman–Crippen MR) is 77.1 cm³/mol. The first-order chi connectivity index (χ1) is 8.08. The van der Waals surface area contributed by atoms with Crippen LogP contribution in [0.1, 0.15) is 0 Å². The van der Waals surface area contributed by atoms with Crippen LogP contribution in [-0.2, 0) is 0 Å². The van der Waals surface area contributed by atoms with Crippen LogP contribution in [-0.4, -0.2) is 9.97 Å². The second kappa shape index (κ2) is 5.45. The lowest BCUT2D eigenvalue weighted by molar-refractivity contribution is 0.627. The zero-order chi connectivity index (χ0) is 12.4. The summed E-state index contributed by atoms with van der Waals surface area (Å²) < 4.78 is 14.4. The van der Waals surface area contributed by atoms with E-state index in [1.165, 1.54) is 18.5 Å². The molecular formula is C10H5BrClFIN3. The number of benzene rings is 1. The number of aromatic nitrogens is 2. The molecule has 1 aromatic heterocycles. The molecule has 1 aromatic carbocycles. The predicted octanol–water partition coefficient (Wildman–Crippen LogP) is 4.38. The Bertz CT molecular complexity index is 544. The van der Waals surface area contributed by atoms with Crippen LogP contribution in [0.15, 0.2) is 29.1 Å². The molecule has 0 saturated heterocycles. The number of nitrogens with zero attached hydrogens (tertiary/aromatic N) is 2. The van der Waals surface area contributed by atoms with E-state index >= 15 is 0 Å². The average molecular weight is 428 g/mol. The van der Waals surface area contributed by atoms with Crippen molar-refractivity contribution in [1.29, 1.82) is 0 Å². The third-order valence-electron chi connectivity index (χ3n) is 1.92. The van der Waals surface area contributed by atoms with Crippen LogP contribution >= 0.6 is 50.1 Å². The number of hydrogen-bond donors (Lipinski definition) is 1. The van der Waals surface area contributed by atoms with Crippen LogP contribution in [0, 0.1) is 9.39 Å². The van der Waals surface area contributed by atoms with Crippen LogP contribution in [0.5, 0.6) is 0 Å². The van der Waals surface area contributed by atoms with Gasteiger partial charge in [-0.15, -0.1) is 0 Å². The number of rotatable bonds is 2. The standard InChI is InChI=1S/C10H5BrClFIN3/c11-6-1-5(13)2-7(12)9(6)17-10-8(14)3-15-4-16-10/h1-4H,(H,15,16,17). The summed E-state index contributed by atoms with van der Waals surface area (Å²) in [6.07, 6.45) is 3.09. The van der Waals surface area contributed by atoms with Gasteiger partial charge in [0, 0.05) is 10.7 Å². The molecular weight excluding hydrogens is 423 g/mol. The fourth-order valence-corrected chi connectivity index (χ4v) is 2.52. The van der Waals surface area contributed by atoms with Crippen molar-refractivity contribution in [3.05, 3.63) is 43.5 Å². The molecule has 17 heavy (non-hydrogen) atoms. The Kier molecular flexibility index (Phi) is 4.16. The Balaban J connectivity index is 2.40. The van der Waals surface area contributed by atoms with E-state index in [0.717, 1.165) is 3.57 Å². The van der Waals surface area contributed by atoms with Gasteiger partial charge in [0.2, 0.25) is 0 Å². The molecule has 0 saturated carbocycles. The van der Waals surface area contributed by atoms with E-state index in [-0.39, 0.29) is 5.02 Å². The Morgan fingerprint density at radius 2 is 2.18 bits per heavy atom. The van der Waals surface area contributed by atoms with Gasteiger partial charge in [-0.2, -0.15) is 0 Å². The van der Waals surface area contributed by atoms with Gasteiger partial charge in [-0.25, -0.2) is 14.4 Å². The largest absolute Gasteiger partial charge is 0.337 e. The maximum atomic E-state index is 13.1. The van der Waals surface area contributed by atoms with E-state index in [1.54, 1.807) is 6.20 Å². The smallest absolute Gasteiger partial charge is 0.147 e. The van der Waals surface area contributed by atoms with Crippen molar-refractivity contribution >= 4 is 61.6 Å². The van der Waals surface area contributed by atoms with Crippen molar-refractivity contribution in [2.45, 2.75) is 0 Å². The third-order valence-corrected chi connectivity index (χ3v) is 3.63. The normalized spacial score (nSPS) is 10.4. The lowest BCUT2D eigenvalue weighted by Crippen LogP contribution is -1.98. The summed E-state index contributed by atoms with van der Waals surface area (Å²) in [4.78, 5) is 7.96. The Labute approximate surface area is 124 Å². The molecule has 0 radical (unpaired) electrons. The van der Waals surface area contributed by atoms with Gasteiger partial charge in [0.25, 0.3) is 0 Å². The van der Waals surface area contributed by atoms with Gasteiger partial charge in [-0.05, 0) is 50.7 Å². The minimum atomic E-state index is -0.398. The molecule has 1 heterocycles. The van der Waals surface area contributed by atoms with Gasteiger partial charge < -0.3 is 5.32 Å². The highest BCUT2D eigenvalue weighted by Gasteiger charge is 2.10. The highest BCUT2D eigenvalue weighted by atomic mass is 127. The molecule has 0 amide bonds. The quantitative estimate of drug-likeness (QED) is 0.722. The van der Waals surface area contributed by atoms with Crippen LogP contribution < -0.4 is 5.32 Å². The summed E-state index contributed by atoms with van der Waals surface area (Å²) in [6.45, 7) is 0. The molecule has 1 N–H and O–H groups in total. The summed E-state index contributed by atoms with van der Waals surface area (Å²) in [5.74, 6) is 0.222. The van der Waals surface area contributed by atoms with Crippen molar-refractivity contribution in [2.75, 3.05) is 5.32 Å². The van der Waals surface area contributed by atoms with Crippen LogP contribution in [0.3, 0.4) is 0 Å². The Morgan fingerprint density at radius 1 is 1.41 bits per heavy atom. The van der Waals surface area contributed by atoms with Crippen molar-refractivity contribution in [3.8, 4) is 0 Å². The van der Waals surface area contributed by atoms with Crippen LogP contribution in [0.4, 0.5) is 15.9 Å². The van der Waals surface area contributed by atoms with E-state index < -0.39 is 5.82 Å². The zero-order valence-electron chi connectivity index (χ0n) is 8.22. The van der Waals surface area contributed by atoms with Crippen molar-refractivity contribution in [1.82, 2.24) is 9.97 Å². The van der Waals surface area contributed by atoms with E-state index in [4.69, 9.17) is 11.6 Å². The summed E-state index contributed by atoms with van der Waals surface area (Å²) in [5, 5.41) is 3.32. The van der Waals surface area contributed by atoms with Gasteiger partial charge in [-0.1, -0.05) is 11.6 Å². The maximum absolute atomic E-state index is 13.1. The molecule has 0 atom stereocenters. The molecule has 7 heteroatoms. The highest BCUT2D eigenvalue weighted by molar-refractivity contribution is 14.1. The Hall–Kier alpha value is -0.470. The van der Waals surface area contributed by atoms with Crippen molar-refractivity contribution in [3.63, 3.8) is 0 Å². The van der Waals surface area contributed by atoms with Gasteiger partial charge in [0.1, 0.15) is 18.0 Å². The summed E-state index contributed by atoms with van der Waals surface area (Å²) in [5.41, 5.74) is 0.574. The fraction of sp³-hybridized carbons (Fsp3) is 0. The first-order valence-electron chi connectivity index (χ1n) is 4.45. The van der Waals surface area contributed by atoms with E-state index in [9.17, 15) is 4.39 Å². The SMILES string of the molecule is Fc1cc(Cl)c(Nc2ncncc2I)c(Br)c1. The molecule has 2 aromatic rings. The monoisotopic (exact) mass is 427 g/mol. The van der Waals surface area contributed by atoms with E-state index in [2.05, 4.69) is 53.8 Å². The molecule has 0 aliphatic rings. The molecule has 0 aliphatic carbocycles. The number of halogens is 4. The molecule has 0 spiro atoms. The minimum Gasteiger partial charge on any atom is -0.337 e. The van der Waals surface area contributed by atoms with Crippen LogP contribution in [0.25, 0.3) is 0 Å².